The van der Waals surface area contributed by atoms with Crippen LogP contribution < -0.4 is 0 Å². The maximum absolute atomic E-state index is 5.37. The van der Waals surface area contributed by atoms with Crippen molar-refractivity contribution in [2.75, 3.05) is 0 Å². The maximum Gasteiger partial charge on any atom is 0.160 e. The molecule has 2 nitrogen and oxygen atoms in total. The summed E-state index contributed by atoms with van der Waals surface area (Å²) in [6, 6.07) is 69.8. The molecule has 0 amide bonds. The molecule has 0 aliphatic carbocycles. The van der Waals surface area contributed by atoms with Gasteiger partial charge in [0.1, 0.15) is 0 Å². The van der Waals surface area contributed by atoms with E-state index in [1.54, 1.807) is 11.3 Å². The topological polar surface area (TPSA) is 25.8 Å². The highest BCUT2D eigenvalue weighted by molar-refractivity contribution is 7.26. The summed E-state index contributed by atoms with van der Waals surface area (Å²) in [5, 5.41) is 3.79. The minimum absolute atomic E-state index is 0.718. The van der Waals surface area contributed by atoms with Gasteiger partial charge in [0.15, 0.2) is 5.82 Å². The van der Waals surface area contributed by atoms with Crippen LogP contribution in [0.25, 0.3) is 108 Å². The van der Waals surface area contributed by atoms with Crippen molar-refractivity contribution in [3.63, 3.8) is 0 Å². The monoisotopic (exact) mass is 748 g/mol. The third-order valence-electron chi connectivity index (χ3n) is 10.7. The Labute approximate surface area is 332 Å². The van der Waals surface area contributed by atoms with E-state index in [9.17, 15) is 0 Å². The van der Waals surface area contributed by atoms with Gasteiger partial charge in [0.2, 0.25) is 0 Å². The van der Waals surface area contributed by atoms with Crippen molar-refractivity contribution in [1.29, 1.82) is 0 Å². The number of hydrogen-bond donors (Lipinski definition) is 0. The highest BCUT2D eigenvalue weighted by atomic mass is 32.1. The molecular weight excluding hydrogens is 717 g/mol. The molecule has 0 atom stereocenters. The van der Waals surface area contributed by atoms with E-state index in [4.69, 9.17) is 9.97 Å². The normalized spacial score (nSPS) is 11.6. The summed E-state index contributed by atoms with van der Waals surface area (Å²) in [5.74, 6) is 0.718. The first kappa shape index (κ1) is 32.7. The van der Waals surface area contributed by atoms with E-state index >= 15 is 0 Å². The van der Waals surface area contributed by atoms with E-state index in [2.05, 4.69) is 194 Å². The predicted molar refractivity (Wildman–Crippen MR) is 240 cm³/mol. The molecule has 0 unspecified atom stereocenters. The highest BCUT2D eigenvalue weighted by Gasteiger charge is 2.18. The van der Waals surface area contributed by atoms with Gasteiger partial charge in [0.05, 0.1) is 15.9 Å². The fourth-order valence-corrected chi connectivity index (χ4v) is 10.3. The second-order valence-electron chi connectivity index (χ2n) is 14.1. The van der Waals surface area contributed by atoms with E-state index in [1.807, 2.05) is 11.3 Å². The molecule has 0 fully saturated rings. The number of hydrogen-bond acceptors (Lipinski definition) is 4. The van der Waals surface area contributed by atoms with Gasteiger partial charge in [-0.15, -0.1) is 22.7 Å². The van der Waals surface area contributed by atoms with Crippen LogP contribution in [0.2, 0.25) is 0 Å². The summed E-state index contributed by atoms with van der Waals surface area (Å²) in [7, 11) is 0. The lowest BCUT2D eigenvalue weighted by Crippen LogP contribution is -1.95. The molecule has 0 aliphatic rings. The highest BCUT2D eigenvalue weighted by Crippen LogP contribution is 2.42. The fraction of sp³-hybridized carbons (Fsp3) is 0. The molecule has 8 aromatic carbocycles. The van der Waals surface area contributed by atoms with Gasteiger partial charge in [0, 0.05) is 41.4 Å². The Balaban J connectivity index is 1.09. The number of benzene rings is 8. The Bertz CT molecular complexity index is 3230. The SMILES string of the molecule is c1ccc(-c2cccc(-c3cc(-c4ccc(-c5cccc6c5sc5ccccc56)cc4)cc(-c4nc(-c5ccccc5)c5sc6ccccc6c5n4)c3)c2)cc1. The summed E-state index contributed by atoms with van der Waals surface area (Å²) in [6.45, 7) is 0. The van der Waals surface area contributed by atoms with Crippen LogP contribution in [0.4, 0.5) is 0 Å². The predicted octanol–water partition coefficient (Wildman–Crippen LogP) is 15.2. The Kier molecular flexibility index (Phi) is 7.90. The standard InChI is InChI=1S/C52H32N2S2/c1-3-13-33(14-4-1)37-17-11-18-38(29-37)40-30-39(34-25-27-35(28-26-34)42-21-12-22-44-43-19-7-9-23-46(43)55-50(42)44)31-41(32-40)52-53-48(36-15-5-2-6-16-36)51-49(54-52)45-20-8-10-24-47(45)56-51/h1-32H. The van der Waals surface area contributed by atoms with Crippen LogP contribution in [0.5, 0.6) is 0 Å². The largest absolute Gasteiger partial charge is 0.226 e. The molecule has 0 saturated carbocycles. The maximum atomic E-state index is 5.37. The number of rotatable bonds is 6. The molecule has 0 saturated heterocycles. The first-order chi connectivity index (χ1) is 27.7. The number of aromatic nitrogens is 2. The van der Waals surface area contributed by atoms with Crippen molar-refractivity contribution in [3.8, 4) is 67.2 Å². The number of nitrogens with zero attached hydrogens (tertiary/aromatic N) is 2. The zero-order valence-electron chi connectivity index (χ0n) is 30.2. The van der Waals surface area contributed by atoms with E-state index in [-0.39, 0.29) is 0 Å². The molecule has 3 heterocycles. The summed E-state index contributed by atoms with van der Waals surface area (Å²) < 4.78 is 4.97. The van der Waals surface area contributed by atoms with Crippen LogP contribution in [-0.2, 0) is 0 Å². The molecule has 0 N–H and O–H groups in total. The molecule has 0 bridgehead atoms. The van der Waals surface area contributed by atoms with Crippen molar-refractivity contribution in [1.82, 2.24) is 9.97 Å². The summed E-state index contributed by atoms with van der Waals surface area (Å²) in [4.78, 5) is 10.7. The zero-order valence-corrected chi connectivity index (χ0v) is 31.8. The van der Waals surface area contributed by atoms with Crippen molar-refractivity contribution in [3.05, 3.63) is 194 Å². The van der Waals surface area contributed by atoms with Gasteiger partial charge in [-0.3, -0.25) is 0 Å². The average molecular weight is 749 g/mol. The lowest BCUT2D eigenvalue weighted by molar-refractivity contribution is 1.24. The van der Waals surface area contributed by atoms with Gasteiger partial charge < -0.3 is 0 Å². The van der Waals surface area contributed by atoms with Crippen molar-refractivity contribution in [2.45, 2.75) is 0 Å². The number of fused-ring (bicyclic) bond motifs is 6. The molecule has 0 radical (unpaired) electrons. The minimum Gasteiger partial charge on any atom is -0.226 e. The van der Waals surface area contributed by atoms with Gasteiger partial charge in [-0.1, -0.05) is 158 Å². The molecular formula is C52H32N2S2. The molecule has 0 spiro atoms. The fourth-order valence-electron chi connectivity index (χ4n) is 7.93. The third kappa shape index (κ3) is 5.70. The van der Waals surface area contributed by atoms with Gasteiger partial charge in [-0.25, -0.2) is 9.97 Å². The van der Waals surface area contributed by atoms with E-state index in [0.29, 0.717) is 0 Å². The van der Waals surface area contributed by atoms with E-state index in [1.165, 1.54) is 47.1 Å². The Morgan fingerprint density at radius 3 is 1.57 bits per heavy atom. The first-order valence-corrected chi connectivity index (χ1v) is 20.4. The Morgan fingerprint density at radius 2 is 0.804 bits per heavy atom. The second kappa shape index (κ2) is 13.5. The smallest absolute Gasteiger partial charge is 0.160 e. The van der Waals surface area contributed by atoms with E-state index in [0.717, 1.165) is 60.5 Å². The zero-order chi connectivity index (χ0) is 37.0. The average Bonchev–Trinajstić information content (AvgIpc) is 3.85. The number of thiophene rings is 2. The Morgan fingerprint density at radius 1 is 0.304 bits per heavy atom. The van der Waals surface area contributed by atoms with Crippen molar-refractivity contribution < 1.29 is 0 Å². The van der Waals surface area contributed by atoms with Gasteiger partial charge in [-0.05, 0) is 80.9 Å². The molecule has 56 heavy (non-hydrogen) atoms. The van der Waals surface area contributed by atoms with Crippen LogP contribution in [0.15, 0.2) is 194 Å². The van der Waals surface area contributed by atoms with Gasteiger partial charge >= 0.3 is 0 Å². The Hall–Kier alpha value is -6.72. The first-order valence-electron chi connectivity index (χ1n) is 18.8. The quantitative estimate of drug-likeness (QED) is 0.169. The van der Waals surface area contributed by atoms with Gasteiger partial charge in [-0.2, -0.15) is 0 Å². The lowest BCUT2D eigenvalue weighted by Gasteiger charge is -2.13. The van der Waals surface area contributed by atoms with Crippen LogP contribution in [0.3, 0.4) is 0 Å². The van der Waals surface area contributed by atoms with Crippen molar-refractivity contribution in [2.24, 2.45) is 0 Å². The van der Waals surface area contributed by atoms with Crippen molar-refractivity contribution >= 4 is 63.1 Å². The minimum atomic E-state index is 0.718. The molecule has 4 heteroatoms. The molecule has 262 valence electrons. The lowest BCUT2D eigenvalue weighted by atomic mass is 9.93. The second-order valence-corrected chi connectivity index (χ2v) is 16.2. The molecule has 3 aromatic heterocycles. The summed E-state index contributed by atoms with van der Waals surface area (Å²) in [5.41, 5.74) is 13.4. The molecule has 11 rings (SSSR count). The summed E-state index contributed by atoms with van der Waals surface area (Å²) >= 11 is 3.63. The van der Waals surface area contributed by atoms with Crippen LogP contribution >= 0.6 is 22.7 Å². The van der Waals surface area contributed by atoms with Crippen LogP contribution in [-0.4, -0.2) is 9.97 Å². The van der Waals surface area contributed by atoms with Crippen LogP contribution in [0.1, 0.15) is 0 Å². The van der Waals surface area contributed by atoms with Gasteiger partial charge in [0.25, 0.3) is 0 Å². The molecule has 11 aromatic rings. The van der Waals surface area contributed by atoms with Crippen LogP contribution in [0, 0.1) is 0 Å². The third-order valence-corrected chi connectivity index (χ3v) is 13.1. The van der Waals surface area contributed by atoms with E-state index < -0.39 is 0 Å². The summed E-state index contributed by atoms with van der Waals surface area (Å²) in [6.07, 6.45) is 0. The molecule has 0 aliphatic heterocycles.